The van der Waals surface area contributed by atoms with Crippen LogP contribution in [-0.2, 0) is 4.79 Å². The molecular formula is C22H30O2. The molecule has 0 spiro atoms. The van der Waals surface area contributed by atoms with Crippen LogP contribution in [0.2, 0.25) is 0 Å². The van der Waals surface area contributed by atoms with E-state index >= 15 is 0 Å². The van der Waals surface area contributed by atoms with Crippen molar-refractivity contribution < 1.29 is 9.90 Å². The first-order valence-electron chi connectivity index (χ1n) is 8.58. The van der Waals surface area contributed by atoms with Crippen molar-refractivity contribution in [2.45, 2.75) is 45.4 Å². The maximum absolute atomic E-state index is 10.2. The van der Waals surface area contributed by atoms with Crippen LogP contribution in [0.3, 0.4) is 0 Å². The maximum atomic E-state index is 10.2. The molecule has 0 aliphatic heterocycles. The lowest BCUT2D eigenvalue weighted by molar-refractivity contribution is -0.131. The zero-order chi connectivity index (χ0) is 17.7. The highest BCUT2D eigenvalue weighted by Gasteiger charge is 1.80. The first kappa shape index (κ1) is 21.6. The van der Waals surface area contributed by atoms with Crippen molar-refractivity contribution in [3.63, 3.8) is 0 Å². The third-order valence-electron chi connectivity index (χ3n) is 2.92. The number of aliphatic carboxylic acids is 1. The average molecular weight is 326 g/mol. The molecule has 0 unspecified atom stereocenters. The molecule has 0 aromatic heterocycles. The molecule has 2 nitrogen and oxygen atoms in total. The SMILES string of the molecule is CCC=CCC=CCC=CCC=CCC=CCC=CC=CC(=O)O. The molecule has 0 fully saturated rings. The monoisotopic (exact) mass is 326 g/mol. The van der Waals surface area contributed by atoms with Gasteiger partial charge in [0.2, 0.25) is 0 Å². The molecule has 0 amide bonds. The molecule has 0 saturated heterocycles. The van der Waals surface area contributed by atoms with Gasteiger partial charge in [0.05, 0.1) is 0 Å². The van der Waals surface area contributed by atoms with Gasteiger partial charge in [-0.3, -0.25) is 0 Å². The van der Waals surface area contributed by atoms with E-state index in [1.807, 2.05) is 6.08 Å². The Balaban J connectivity index is 3.58. The van der Waals surface area contributed by atoms with Crippen LogP contribution in [0, 0.1) is 0 Å². The van der Waals surface area contributed by atoms with Crippen molar-refractivity contribution in [3.8, 4) is 0 Å². The van der Waals surface area contributed by atoms with Gasteiger partial charge in [0.15, 0.2) is 0 Å². The highest BCUT2D eigenvalue weighted by atomic mass is 16.4. The van der Waals surface area contributed by atoms with E-state index in [0.29, 0.717) is 0 Å². The summed E-state index contributed by atoms with van der Waals surface area (Å²) in [7, 11) is 0. The van der Waals surface area contributed by atoms with Crippen LogP contribution in [0.1, 0.15) is 45.4 Å². The average Bonchev–Trinajstić information content (AvgIpc) is 2.56. The van der Waals surface area contributed by atoms with E-state index in [1.54, 1.807) is 6.08 Å². The summed E-state index contributed by atoms with van der Waals surface area (Å²) in [5, 5.41) is 8.40. The molecule has 24 heavy (non-hydrogen) atoms. The van der Waals surface area contributed by atoms with Crippen LogP contribution in [0.4, 0.5) is 0 Å². The fraction of sp³-hybridized carbons (Fsp3) is 0.318. The summed E-state index contributed by atoms with van der Waals surface area (Å²) in [5.74, 6) is -0.922. The minimum atomic E-state index is -0.922. The van der Waals surface area contributed by atoms with Crippen molar-refractivity contribution in [2.24, 2.45) is 0 Å². The van der Waals surface area contributed by atoms with Crippen molar-refractivity contribution in [1.29, 1.82) is 0 Å². The van der Waals surface area contributed by atoms with E-state index in [1.165, 1.54) is 6.08 Å². The van der Waals surface area contributed by atoms with Crippen LogP contribution >= 0.6 is 0 Å². The lowest BCUT2D eigenvalue weighted by Crippen LogP contribution is -1.84. The predicted molar refractivity (Wildman–Crippen MR) is 105 cm³/mol. The van der Waals surface area contributed by atoms with Gasteiger partial charge in [-0.1, -0.05) is 85.9 Å². The molecule has 0 aromatic carbocycles. The Hall–Kier alpha value is -2.35. The smallest absolute Gasteiger partial charge is 0.328 e. The Morgan fingerprint density at radius 3 is 1.38 bits per heavy atom. The van der Waals surface area contributed by atoms with Gasteiger partial charge >= 0.3 is 5.97 Å². The fourth-order valence-electron chi connectivity index (χ4n) is 1.72. The van der Waals surface area contributed by atoms with Gasteiger partial charge in [0.25, 0.3) is 0 Å². The molecule has 0 aromatic rings. The number of hydrogen-bond acceptors (Lipinski definition) is 1. The second-order valence-electron chi connectivity index (χ2n) is 5.07. The Labute approximate surface area is 147 Å². The third-order valence-corrected chi connectivity index (χ3v) is 2.92. The molecule has 0 aliphatic carbocycles. The fourth-order valence-corrected chi connectivity index (χ4v) is 1.72. The first-order chi connectivity index (χ1) is 11.8. The maximum Gasteiger partial charge on any atom is 0.328 e. The highest BCUT2D eigenvalue weighted by molar-refractivity contribution is 5.80. The molecule has 0 rings (SSSR count). The summed E-state index contributed by atoms with van der Waals surface area (Å²) < 4.78 is 0. The van der Waals surface area contributed by atoms with Gasteiger partial charge in [-0.15, -0.1) is 0 Å². The molecule has 0 radical (unpaired) electrons. The van der Waals surface area contributed by atoms with Gasteiger partial charge in [-0.25, -0.2) is 4.79 Å². The van der Waals surface area contributed by atoms with Crippen LogP contribution in [-0.4, -0.2) is 11.1 Å². The quantitative estimate of drug-likeness (QED) is 0.244. The molecule has 0 heterocycles. The Morgan fingerprint density at radius 2 is 1.00 bits per heavy atom. The number of allylic oxidation sites excluding steroid dienone is 13. The Kier molecular flexibility index (Phi) is 16.9. The van der Waals surface area contributed by atoms with E-state index in [-0.39, 0.29) is 0 Å². The second-order valence-corrected chi connectivity index (χ2v) is 5.07. The van der Waals surface area contributed by atoms with Gasteiger partial charge in [-0.2, -0.15) is 0 Å². The van der Waals surface area contributed by atoms with Crippen molar-refractivity contribution in [3.05, 3.63) is 85.1 Å². The molecular weight excluding hydrogens is 296 g/mol. The minimum absolute atomic E-state index is 0.817. The van der Waals surface area contributed by atoms with E-state index in [9.17, 15) is 4.79 Å². The van der Waals surface area contributed by atoms with Gasteiger partial charge < -0.3 is 5.11 Å². The summed E-state index contributed by atoms with van der Waals surface area (Å²) in [4.78, 5) is 10.2. The second kappa shape index (κ2) is 18.7. The molecule has 130 valence electrons. The number of rotatable bonds is 13. The standard InChI is InChI=1S/C22H30O2/c1-2-3-4-5-6-7-8-9-10-11-12-13-14-15-16-17-18-19-20-21-22(23)24/h3-4,6-7,9-10,12-13,15-16,18-21H,2,5,8,11,14,17H2,1H3,(H,23,24). The first-order valence-corrected chi connectivity index (χ1v) is 8.58. The van der Waals surface area contributed by atoms with E-state index in [0.717, 1.165) is 44.6 Å². The summed E-state index contributed by atoms with van der Waals surface area (Å²) in [6.07, 6.45) is 33.8. The molecule has 0 saturated carbocycles. The van der Waals surface area contributed by atoms with Gasteiger partial charge in [0, 0.05) is 6.08 Å². The minimum Gasteiger partial charge on any atom is -0.478 e. The van der Waals surface area contributed by atoms with Crippen LogP contribution < -0.4 is 0 Å². The number of carbonyl (C=O) groups is 1. The summed E-state index contributed by atoms with van der Waals surface area (Å²) in [6, 6.07) is 0. The largest absolute Gasteiger partial charge is 0.478 e. The molecule has 0 atom stereocenters. The van der Waals surface area contributed by atoms with Gasteiger partial charge in [0.1, 0.15) is 0 Å². The lowest BCUT2D eigenvalue weighted by Gasteiger charge is -1.85. The molecule has 2 heteroatoms. The molecule has 0 aliphatic rings. The number of hydrogen-bond donors (Lipinski definition) is 1. The molecule has 0 bridgehead atoms. The van der Waals surface area contributed by atoms with E-state index in [4.69, 9.17) is 5.11 Å². The normalized spacial score (nSPS) is 13.4. The third kappa shape index (κ3) is 19.7. The Morgan fingerprint density at radius 1 is 0.625 bits per heavy atom. The Bertz CT molecular complexity index is 500. The number of carboxylic acids is 1. The van der Waals surface area contributed by atoms with Crippen LogP contribution in [0.5, 0.6) is 0 Å². The van der Waals surface area contributed by atoms with Crippen LogP contribution in [0.25, 0.3) is 0 Å². The van der Waals surface area contributed by atoms with E-state index in [2.05, 4.69) is 67.7 Å². The number of carboxylic acid groups (broad SMARTS) is 1. The zero-order valence-electron chi connectivity index (χ0n) is 14.7. The molecule has 1 N–H and O–H groups in total. The van der Waals surface area contributed by atoms with Crippen molar-refractivity contribution in [2.75, 3.05) is 0 Å². The van der Waals surface area contributed by atoms with Crippen molar-refractivity contribution >= 4 is 5.97 Å². The van der Waals surface area contributed by atoms with Crippen molar-refractivity contribution in [1.82, 2.24) is 0 Å². The van der Waals surface area contributed by atoms with Gasteiger partial charge in [-0.05, 0) is 38.5 Å². The van der Waals surface area contributed by atoms with Crippen LogP contribution in [0.15, 0.2) is 85.1 Å². The van der Waals surface area contributed by atoms with E-state index < -0.39 is 5.97 Å². The topological polar surface area (TPSA) is 37.3 Å². The summed E-state index contributed by atoms with van der Waals surface area (Å²) in [5.41, 5.74) is 0. The zero-order valence-corrected chi connectivity index (χ0v) is 14.7. The highest BCUT2D eigenvalue weighted by Crippen LogP contribution is 1.96. The summed E-state index contributed by atoms with van der Waals surface area (Å²) >= 11 is 0. The summed E-state index contributed by atoms with van der Waals surface area (Å²) in [6.45, 7) is 2.14. The predicted octanol–water partition coefficient (Wildman–Crippen LogP) is 6.32. The lowest BCUT2D eigenvalue weighted by atomic mass is 10.2.